The zero-order valence-corrected chi connectivity index (χ0v) is 15.9. The molecule has 23 heavy (non-hydrogen) atoms. The van der Waals surface area contributed by atoms with Gasteiger partial charge >= 0.3 is 5.97 Å². The molecule has 0 bridgehead atoms. The molecule has 0 heterocycles. The number of carbonyl (C=O) groups excluding carboxylic acids is 1. The van der Waals surface area contributed by atoms with E-state index in [0.717, 1.165) is 32.1 Å². The van der Waals surface area contributed by atoms with Gasteiger partial charge in [-0.3, -0.25) is 0 Å². The Morgan fingerprint density at radius 2 is 1.22 bits per heavy atom. The van der Waals surface area contributed by atoms with Crippen LogP contribution in [0, 0.1) is 0 Å². The third kappa shape index (κ3) is 13.6. The SMILES string of the molecule is CCCCCCCCCCCCC(C)(O)C(=O)OCCCCC. The Labute approximate surface area is 144 Å². The quantitative estimate of drug-likeness (QED) is 0.288. The normalized spacial score (nSPS) is 13.7. The third-order valence-electron chi connectivity index (χ3n) is 4.44. The fourth-order valence-corrected chi connectivity index (χ4v) is 2.73. The van der Waals surface area contributed by atoms with Crippen molar-refractivity contribution < 1.29 is 14.6 Å². The minimum absolute atomic E-state index is 0.431. The molecule has 0 amide bonds. The monoisotopic (exact) mass is 328 g/mol. The van der Waals surface area contributed by atoms with Crippen molar-refractivity contribution in [3.8, 4) is 0 Å². The summed E-state index contributed by atoms with van der Waals surface area (Å²) in [6, 6.07) is 0. The predicted octanol–water partition coefficient (Wildman–Crippen LogP) is 5.78. The van der Waals surface area contributed by atoms with Crippen LogP contribution in [-0.4, -0.2) is 23.3 Å². The molecule has 0 aromatic carbocycles. The van der Waals surface area contributed by atoms with E-state index in [9.17, 15) is 9.90 Å². The van der Waals surface area contributed by atoms with Crippen LogP contribution in [0.25, 0.3) is 0 Å². The smallest absolute Gasteiger partial charge is 0.337 e. The van der Waals surface area contributed by atoms with Gasteiger partial charge in [-0.25, -0.2) is 4.79 Å². The van der Waals surface area contributed by atoms with Gasteiger partial charge in [0, 0.05) is 0 Å². The van der Waals surface area contributed by atoms with Crippen LogP contribution in [-0.2, 0) is 9.53 Å². The predicted molar refractivity (Wildman–Crippen MR) is 97.6 cm³/mol. The van der Waals surface area contributed by atoms with Crippen LogP contribution in [0.5, 0.6) is 0 Å². The van der Waals surface area contributed by atoms with Crippen molar-refractivity contribution in [3.05, 3.63) is 0 Å². The highest BCUT2D eigenvalue weighted by Gasteiger charge is 2.31. The maximum absolute atomic E-state index is 11.8. The van der Waals surface area contributed by atoms with Gasteiger partial charge in [-0.15, -0.1) is 0 Å². The van der Waals surface area contributed by atoms with Crippen molar-refractivity contribution in [1.82, 2.24) is 0 Å². The van der Waals surface area contributed by atoms with Crippen molar-refractivity contribution in [2.75, 3.05) is 6.61 Å². The second-order valence-electron chi connectivity index (χ2n) is 7.05. The Kier molecular flexibility index (Phi) is 14.6. The summed E-state index contributed by atoms with van der Waals surface area (Å²) in [4.78, 5) is 11.8. The van der Waals surface area contributed by atoms with E-state index >= 15 is 0 Å². The molecule has 0 saturated heterocycles. The Hall–Kier alpha value is -0.570. The summed E-state index contributed by atoms with van der Waals surface area (Å²) in [6.07, 6.45) is 16.1. The number of carbonyl (C=O) groups is 1. The number of unbranched alkanes of at least 4 members (excludes halogenated alkanes) is 11. The number of rotatable bonds is 16. The maximum Gasteiger partial charge on any atom is 0.337 e. The molecule has 1 unspecified atom stereocenters. The summed E-state index contributed by atoms with van der Waals surface area (Å²) in [7, 11) is 0. The summed E-state index contributed by atoms with van der Waals surface area (Å²) in [5.41, 5.74) is -1.31. The molecule has 0 radical (unpaired) electrons. The fraction of sp³-hybridized carbons (Fsp3) is 0.950. The molecule has 0 saturated carbocycles. The van der Waals surface area contributed by atoms with Crippen LogP contribution in [0.1, 0.15) is 111 Å². The Balaban J connectivity index is 3.52. The van der Waals surface area contributed by atoms with E-state index in [1.807, 2.05) is 0 Å². The largest absolute Gasteiger partial charge is 0.464 e. The standard InChI is InChI=1S/C20H40O3/c1-4-6-8-9-10-11-12-13-14-15-17-20(3,22)19(21)23-18-16-7-5-2/h22H,4-18H2,1-3H3. The lowest BCUT2D eigenvalue weighted by molar-refractivity contribution is -0.164. The first kappa shape index (κ1) is 22.4. The molecule has 0 rings (SSSR count). The lowest BCUT2D eigenvalue weighted by Gasteiger charge is -2.21. The highest BCUT2D eigenvalue weighted by atomic mass is 16.5. The van der Waals surface area contributed by atoms with Gasteiger partial charge in [0.05, 0.1) is 6.61 Å². The topological polar surface area (TPSA) is 46.5 Å². The molecule has 0 fully saturated rings. The lowest BCUT2D eigenvalue weighted by atomic mass is 9.97. The van der Waals surface area contributed by atoms with Crippen LogP contribution in [0.3, 0.4) is 0 Å². The molecule has 0 aliphatic carbocycles. The first-order chi connectivity index (χ1) is 11.0. The molecule has 1 atom stereocenters. The molecule has 0 aliphatic rings. The molecule has 0 aliphatic heterocycles. The minimum atomic E-state index is -1.31. The van der Waals surface area contributed by atoms with Crippen molar-refractivity contribution >= 4 is 5.97 Å². The van der Waals surface area contributed by atoms with Crippen molar-refractivity contribution in [2.45, 2.75) is 116 Å². The van der Waals surface area contributed by atoms with Crippen molar-refractivity contribution in [1.29, 1.82) is 0 Å². The van der Waals surface area contributed by atoms with Gasteiger partial charge in [0.2, 0.25) is 0 Å². The van der Waals surface area contributed by atoms with E-state index in [2.05, 4.69) is 13.8 Å². The zero-order chi connectivity index (χ0) is 17.4. The lowest BCUT2D eigenvalue weighted by Crippen LogP contribution is -2.37. The highest BCUT2D eigenvalue weighted by molar-refractivity contribution is 5.78. The van der Waals surface area contributed by atoms with Crippen LogP contribution in [0.2, 0.25) is 0 Å². The first-order valence-corrected chi connectivity index (χ1v) is 9.94. The van der Waals surface area contributed by atoms with Crippen LogP contribution >= 0.6 is 0 Å². The molecular weight excluding hydrogens is 288 g/mol. The Morgan fingerprint density at radius 1 is 0.783 bits per heavy atom. The highest BCUT2D eigenvalue weighted by Crippen LogP contribution is 2.18. The number of ether oxygens (including phenoxy) is 1. The zero-order valence-electron chi connectivity index (χ0n) is 15.9. The van der Waals surface area contributed by atoms with Gasteiger partial charge in [0.25, 0.3) is 0 Å². The summed E-state index contributed by atoms with van der Waals surface area (Å²) >= 11 is 0. The molecule has 0 aromatic heterocycles. The second kappa shape index (κ2) is 15.0. The average molecular weight is 329 g/mol. The number of esters is 1. The van der Waals surface area contributed by atoms with Crippen molar-refractivity contribution in [2.24, 2.45) is 0 Å². The van der Waals surface area contributed by atoms with Crippen molar-refractivity contribution in [3.63, 3.8) is 0 Å². The van der Waals surface area contributed by atoms with Crippen LogP contribution in [0.15, 0.2) is 0 Å². The minimum Gasteiger partial charge on any atom is -0.464 e. The average Bonchev–Trinajstić information content (AvgIpc) is 2.53. The van der Waals surface area contributed by atoms with Gasteiger partial charge in [-0.1, -0.05) is 84.5 Å². The van der Waals surface area contributed by atoms with E-state index in [1.165, 1.54) is 51.4 Å². The van der Waals surface area contributed by atoms with Gasteiger partial charge in [-0.2, -0.15) is 0 Å². The summed E-state index contributed by atoms with van der Waals surface area (Å²) < 4.78 is 5.16. The summed E-state index contributed by atoms with van der Waals surface area (Å²) in [6.45, 7) is 6.38. The number of aliphatic hydroxyl groups is 1. The van der Waals surface area contributed by atoms with Gasteiger partial charge in [0.15, 0.2) is 5.60 Å². The maximum atomic E-state index is 11.8. The molecule has 3 heteroatoms. The van der Waals surface area contributed by atoms with Gasteiger partial charge in [-0.05, 0) is 26.2 Å². The fourth-order valence-electron chi connectivity index (χ4n) is 2.73. The second-order valence-corrected chi connectivity index (χ2v) is 7.05. The molecular formula is C20H40O3. The van der Waals surface area contributed by atoms with Gasteiger partial charge in [0.1, 0.15) is 0 Å². The van der Waals surface area contributed by atoms with E-state index in [0.29, 0.717) is 13.0 Å². The Bertz CT molecular complexity index is 274. The van der Waals surface area contributed by atoms with Gasteiger partial charge < -0.3 is 9.84 Å². The number of hydrogen-bond donors (Lipinski definition) is 1. The summed E-state index contributed by atoms with van der Waals surface area (Å²) in [5.74, 6) is -0.454. The number of hydrogen-bond acceptors (Lipinski definition) is 3. The van der Waals surface area contributed by atoms with E-state index in [4.69, 9.17) is 4.74 Å². The molecule has 3 nitrogen and oxygen atoms in total. The first-order valence-electron chi connectivity index (χ1n) is 9.94. The van der Waals surface area contributed by atoms with E-state index in [1.54, 1.807) is 6.92 Å². The summed E-state index contributed by atoms with van der Waals surface area (Å²) in [5, 5.41) is 10.2. The Morgan fingerprint density at radius 3 is 1.74 bits per heavy atom. The van der Waals surface area contributed by atoms with E-state index < -0.39 is 11.6 Å². The molecule has 0 spiro atoms. The van der Waals surface area contributed by atoms with E-state index in [-0.39, 0.29) is 0 Å². The van der Waals surface area contributed by atoms with Crippen LogP contribution in [0.4, 0.5) is 0 Å². The van der Waals surface area contributed by atoms with Crippen LogP contribution < -0.4 is 0 Å². The molecule has 1 N–H and O–H groups in total. The molecule has 138 valence electrons. The third-order valence-corrected chi connectivity index (χ3v) is 4.44. The molecule has 0 aromatic rings.